The Bertz CT molecular complexity index is 547. The SMILES string of the molecule is CN1CCC(NS(=O)(=O)c2ccc(N)c(Br)c2)C1. The minimum absolute atomic E-state index is 0.0173. The molecule has 1 aliphatic heterocycles. The number of nitrogen functional groups attached to an aromatic ring is 1. The van der Waals surface area contributed by atoms with Crippen molar-refractivity contribution in [3.63, 3.8) is 0 Å². The fourth-order valence-electron chi connectivity index (χ4n) is 1.99. The molecule has 0 spiro atoms. The first-order chi connectivity index (χ1) is 8.38. The molecule has 18 heavy (non-hydrogen) atoms. The molecular formula is C11H16BrN3O2S. The van der Waals surface area contributed by atoms with E-state index < -0.39 is 10.0 Å². The van der Waals surface area contributed by atoms with E-state index in [9.17, 15) is 8.42 Å². The summed E-state index contributed by atoms with van der Waals surface area (Å²) in [5, 5.41) is 0. The molecule has 1 atom stereocenters. The number of anilines is 1. The van der Waals surface area contributed by atoms with Crippen molar-refractivity contribution in [3.05, 3.63) is 22.7 Å². The van der Waals surface area contributed by atoms with Gasteiger partial charge in [0.15, 0.2) is 0 Å². The first-order valence-electron chi connectivity index (χ1n) is 5.64. The summed E-state index contributed by atoms with van der Waals surface area (Å²) < 4.78 is 27.6. The molecule has 1 aliphatic rings. The van der Waals surface area contributed by atoms with Gasteiger partial charge in [0.05, 0.1) is 4.90 Å². The molecule has 5 nitrogen and oxygen atoms in total. The summed E-state index contributed by atoms with van der Waals surface area (Å²) >= 11 is 3.24. The fraction of sp³-hybridized carbons (Fsp3) is 0.455. The number of halogens is 1. The van der Waals surface area contributed by atoms with Gasteiger partial charge in [-0.2, -0.15) is 0 Å². The second kappa shape index (κ2) is 5.16. The van der Waals surface area contributed by atoms with E-state index >= 15 is 0 Å². The second-order valence-electron chi connectivity index (χ2n) is 4.55. The van der Waals surface area contributed by atoms with Crippen LogP contribution in [0, 0.1) is 0 Å². The number of hydrogen-bond acceptors (Lipinski definition) is 4. The summed E-state index contributed by atoms with van der Waals surface area (Å²) in [7, 11) is -1.49. The third-order valence-electron chi connectivity index (χ3n) is 3.00. The smallest absolute Gasteiger partial charge is 0.240 e. The van der Waals surface area contributed by atoms with Crippen LogP contribution in [0.4, 0.5) is 5.69 Å². The average molecular weight is 334 g/mol. The number of nitrogens with one attached hydrogen (secondary N) is 1. The van der Waals surface area contributed by atoms with Gasteiger partial charge in [-0.3, -0.25) is 0 Å². The molecule has 100 valence electrons. The Kier molecular flexibility index (Phi) is 3.96. The molecule has 0 amide bonds. The second-order valence-corrected chi connectivity index (χ2v) is 7.12. The molecule has 1 aromatic carbocycles. The van der Waals surface area contributed by atoms with Crippen LogP contribution in [0.1, 0.15) is 6.42 Å². The summed E-state index contributed by atoms with van der Waals surface area (Å²) in [6, 6.07) is 4.60. The van der Waals surface area contributed by atoms with Gasteiger partial charge in [-0.25, -0.2) is 13.1 Å². The normalized spacial score (nSPS) is 21.3. The zero-order valence-electron chi connectivity index (χ0n) is 10.1. The average Bonchev–Trinajstić information content (AvgIpc) is 2.67. The molecule has 1 unspecified atom stereocenters. The lowest BCUT2D eigenvalue weighted by Crippen LogP contribution is -2.36. The molecule has 7 heteroatoms. The van der Waals surface area contributed by atoms with Gasteiger partial charge in [-0.1, -0.05) is 0 Å². The first-order valence-corrected chi connectivity index (χ1v) is 7.92. The van der Waals surface area contributed by atoms with Gasteiger partial charge in [0.1, 0.15) is 0 Å². The fourth-order valence-corrected chi connectivity index (χ4v) is 3.81. The molecular weight excluding hydrogens is 318 g/mol. The Morgan fingerprint density at radius 3 is 2.78 bits per heavy atom. The Balaban J connectivity index is 2.17. The summed E-state index contributed by atoms with van der Waals surface area (Å²) in [4.78, 5) is 2.34. The van der Waals surface area contributed by atoms with Crippen molar-refractivity contribution in [3.8, 4) is 0 Å². The maximum atomic E-state index is 12.2. The van der Waals surface area contributed by atoms with Crippen molar-refractivity contribution >= 4 is 31.6 Å². The molecule has 0 aromatic heterocycles. The van der Waals surface area contributed by atoms with Gasteiger partial charge in [-0.15, -0.1) is 0 Å². The lowest BCUT2D eigenvalue weighted by molar-refractivity contribution is 0.407. The van der Waals surface area contributed by atoms with Gasteiger partial charge < -0.3 is 10.6 Å². The largest absolute Gasteiger partial charge is 0.398 e. The molecule has 0 aliphatic carbocycles. The number of likely N-dealkylation sites (N-methyl/N-ethyl adjacent to an activating group) is 1. The van der Waals surface area contributed by atoms with Gasteiger partial charge in [-0.05, 0) is 54.1 Å². The van der Waals surface area contributed by atoms with Crippen LogP contribution in [-0.4, -0.2) is 39.5 Å². The molecule has 0 radical (unpaired) electrons. The summed E-state index contributed by atoms with van der Waals surface area (Å²) in [5.41, 5.74) is 6.17. The van der Waals surface area contributed by atoms with E-state index in [4.69, 9.17) is 5.73 Å². The molecule has 3 N–H and O–H groups in total. The van der Waals surface area contributed by atoms with E-state index in [1.165, 1.54) is 12.1 Å². The van der Waals surface area contributed by atoms with Gasteiger partial charge in [0.25, 0.3) is 0 Å². The minimum Gasteiger partial charge on any atom is -0.398 e. The van der Waals surface area contributed by atoms with E-state index in [-0.39, 0.29) is 10.9 Å². The Labute approximate surface area is 116 Å². The van der Waals surface area contributed by atoms with Gasteiger partial charge in [0.2, 0.25) is 10.0 Å². The number of likely N-dealkylation sites (tertiary alicyclic amines) is 1. The summed E-state index contributed by atoms with van der Waals surface area (Å²) in [5.74, 6) is 0. The van der Waals surface area contributed by atoms with Gasteiger partial charge >= 0.3 is 0 Å². The predicted molar refractivity (Wildman–Crippen MR) is 74.8 cm³/mol. The molecule has 1 fully saturated rings. The summed E-state index contributed by atoms with van der Waals surface area (Å²) in [6.45, 7) is 1.66. The Morgan fingerprint density at radius 1 is 1.50 bits per heavy atom. The van der Waals surface area contributed by atoms with Crippen LogP contribution < -0.4 is 10.5 Å². The number of sulfonamides is 1. The van der Waals surface area contributed by atoms with E-state index in [2.05, 4.69) is 25.6 Å². The molecule has 0 saturated carbocycles. The third kappa shape index (κ3) is 3.03. The van der Waals surface area contributed by atoms with Crippen LogP contribution in [-0.2, 0) is 10.0 Å². The standard InChI is InChI=1S/C11H16BrN3O2S/c1-15-5-4-8(7-15)14-18(16,17)9-2-3-11(13)10(12)6-9/h2-3,6,8,14H,4-5,7,13H2,1H3. The van der Waals surface area contributed by atoms with Crippen LogP contribution in [0.25, 0.3) is 0 Å². The zero-order chi connectivity index (χ0) is 13.3. The van der Waals surface area contributed by atoms with Crippen LogP contribution >= 0.6 is 15.9 Å². The van der Waals surface area contributed by atoms with E-state index in [0.717, 1.165) is 19.5 Å². The molecule has 2 rings (SSSR count). The molecule has 1 saturated heterocycles. The van der Waals surface area contributed by atoms with Crippen molar-refractivity contribution in [2.45, 2.75) is 17.4 Å². The third-order valence-corrected chi connectivity index (χ3v) is 5.20. The number of rotatable bonds is 3. The molecule has 1 aromatic rings. The summed E-state index contributed by atoms with van der Waals surface area (Å²) in [6.07, 6.45) is 0.839. The maximum absolute atomic E-state index is 12.2. The van der Waals surface area contributed by atoms with E-state index in [1.807, 2.05) is 7.05 Å². The van der Waals surface area contributed by atoms with Crippen LogP contribution in [0.15, 0.2) is 27.6 Å². The van der Waals surface area contributed by atoms with Crippen LogP contribution in [0.5, 0.6) is 0 Å². The number of nitrogens with zero attached hydrogens (tertiary/aromatic N) is 1. The highest BCUT2D eigenvalue weighted by atomic mass is 79.9. The highest BCUT2D eigenvalue weighted by molar-refractivity contribution is 9.10. The lowest BCUT2D eigenvalue weighted by atomic mass is 10.3. The van der Waals surface area contributed by atoms with Gasteiger partial charge in [0, 0.05) is 22.7 Å². The quantitative estimate of drug-likeness (QED) is 0.809. The van der Waals surface area contributed by atoms with Crippen molar-refractivity contribution in [1.29, 1.82) is 0 Å². The maximum Gasteiger partial charge on any atom is 0.240 e. The predicted octanol–water partition coefficient (Wildman–Crippen LogP) is 1.01. The highest BCUT2D eigenvalue weighted by Crippen LogP contribution is 2.23. The van der Waals surface area contributed by atoms with Crippen LogP contribution in [0.3, 0.4) is 0 Å². The highest BCUT2D eigenvalue weighted by Gasteiger charge is 2.25. The van der Waals surface area contributed by atoms with Crippen molar-refractivity contribution < 1.29 is 8.42 Å². The number of benzene rings is 1. The number of hydrogen-bond donors (Lipinski definition) is 2. The monoisotopic (exact) mass is 333 g/mol. The van der Waals surface area contributed by atoms with E-state index in [1.54, 1.807) is 6.07 Å². The van der Waals surface area contributed by atoms with Crippen molar-refractivity contribution in [2.24, 2.45) is 0 Å². The molecule has 1 heterocycles. The first kappa shape index (κ1) is 13.8. The van der Waals surface area contributed by atoms with E-state index in [0.29, 0.717) is 10.2 Å². The van der Waals surface area contributed by atoms with Crippen molar-refractivity contribution in [2.75, 3.05) is 25.9 Å². The topological polar surface area (TPSA) is 75.4 Å². The lowest BCUT2D eigenvalue weighted by Gasteiger charge is -2.13. The molecule has 0 bridgehead atoms. The Hall–Kier alpha value is -0.630. The Morgan fingerprint density at radius 2 is 2.22 bits per heavy atom. The number of nitrogens with two attached hydrogens (primary N) is 1. The van der Waals surface area contributed by atoms with Crippen LogP contribution in [0.2, 0.25) is 0 Å². The zero-order valence-corrected chi connectivity index (χ0v) is 12.5. The van der Waals surface area contributed by atoms with Crippen molar-refractivity contribution in [1.82, 2.24) is 9.62 Å². The minimum atomic E-state index is -3.47.